The van der Waals surface area contributed by atoms with Crippen LogP contribution in [0.15, 0.2) is 11.0 Å². The number of rotatable bonds is 5. The molecule has 0 spiro atoms. The zero-order valence-electron chi connectivity index (χ0n) is 14.2. The third kappa shape index (κ3) is 3.32. The summed E-state index contributed by atoms with van der Waals surface area (Å²) in [6, 6.07) is 0.256. The molecule has 2 atom stereocenters. The zero-order chi connectivity index (χ0) is 16.4. The SMILES string of the molecule is CCC(CC)Cc1nc2c(cnn2C2CCOC(C)C2)c(=O)[nH]1. The molecule has 1 saturated heterocycles. The van der Waals surface area contributed by atoms with Crippen molar-refractivity contribution < 1.29 is 4.74 Å². The fourth-order valence-electron chi connectivity index (χ4n) is 3.39. The van der Waals surface area contributed by atoms with Crippen molar-refractivity contribution in [2.75, 3.05) is 6.61 Å². The predicted octanol–water partition coefficient (Wildman–Crippen LogP) is 2.84. The van der Waals surface area contributed by atoms with E-state index in [1.807, 2.05) is 4.68 Å². The van der Waals surface area contributed by atoms with Gasteiger partial charge in [-0.2, -0.15) is 5.10 Å². The molecular weight excluding hydrogens is 292 g/mol. The van der Waals surface area contributed by atoms with Gasteiger partial charge in [-0.3, -0.25) is 4.79 Å². The van der Waals surface area contributed by atoms with Gasteiger partial charge >= 0.3 is 0 Å². The molecule has 1 N–H and O–H groups in total. The molecule has 6 nitrogen and oxygen atoms in total. The molecule has 23 heavy (non-hydrogen) atoms. The van der Waals surface area contributed by atoms with Gasteiger partial charge in [0.2, 0.25) is 0 Å². The van der Waals surface area contributed by atoms with E-state index in [1.165, 1.54) is 0 Å². The Labute approximate surface area is 136 Å². The Kier molecular flexibility index (Phi) is 4.80. The number of hydrogen-bond donors (Lipinski definition) is 1. The average molecular weight is 318 g/mol. The van der Waals surface area contributed by atoms with E-state index in [1.54, 1.807) is 6.20 Å². The highest BCUT2D eigenvalue weighted by Crippen LogP contribution is 2.26. The minimum atomic E-state index is -0.0812. The Hall–Kier alpha value is -1.69. The Morgan fingerprint density at radius 1 is 1.43 bits per heavy atom. The van der Waals surface area contributed by atoms with E-state index in [0.717, 1.165) is 44.5 Å². The summed E-state index contributed by atoms with van der Waals surface area (Å²) in [7, 11) is 0. The second-order valence-corrected chi connectivity index (χ2v) is 6.59. The first kappa shape index (κ1) is 16.2. The minimum Gasteiger partial charge on any atom is -0.378 e. The van der Waals surface area contributed by atoms with Crippen LogP contribution in [0.4, 0.5) is 0 Å². The van der Waals surface area contributed by atoms with E-state index in [0.29, 0.717) is 17.0 Å². The summed E-state index contributed by atoms with van der Waals surface area (Å²) in [5, 5.41) is 5.03. The minimum absolute atomic E-state index is 0.0812. The van der Waals surface area contributed by atoms with Gasteiger partial charge in [-0.25, -0.2) is 9.67 Å². The van der Waals surface area contributed by atoms with Crippen molar-refractivity contribution in [2.24, 2.45) is 5.92 Å². The standard InChI is InChI=1S/C17H26N4O2/c1-4-12(5-2)9-15-19-16-14(17(22)20-15)10-18-21(16)13-6-7-23-11(3)8-13/h10-13H,4-9H2,1-3H3,(H,19,20,22). The lowest BCUT2D eigenvalue weighted by Gasteiger charge is -2.27. The van der Waals surface area contributed by atoms with Crippen LogP contribution in [0, 0.1) is 5.92 Å². The molecule has 1 fully saturated rings. The number of hydrogen-bond acceptors (Lipinski definition) is 4. The molecule has 0 amide bonds. The quantitative estimate of drug-likeness (QED) is 0.920. The number of nitrogens with one attached hydrogen (secondary N) is 1. The van der Waals surface area contributed by atoms with Crippen LogP contribution in [0.25, 0.3) is 11.0 Å². The van der Waals surface area contributed by atoms with E-state index in [9.17, 15) is 4.79 Å². The van der Waals surface area contributed by atoms with Crippen LogP contribution in [-0.2, 0) is 11.2 Å². The first-order valence-corrected chi connectivity index (χ1v) is 8.70. The highest BCUT2D eigenvalue weighted by Gasteiger charge is 2.24. The molecular formula is C17H26N4O2. The molecule has 1 aliphatic heterocycles. The summed E-state index contributed by atoms with van der Waals surface area (Å²) >= 11 is 0. The van der Waals surface area contributed by atoms with Crippen LogP contribution in [0.5, 0.6) is 0 Å². The molecule has 0 saturated carbocycles. The number of ether oxygens (including phenoxy) is 1. The van der Waals surface area contributed by atoms with Crippen LogP contribution < -0.4 is 5.56 Å². The lowest BCUT2D eigenvalue weighted by atomic mass is 9.99. The molecule has 3 rings (SSSR count). The van der Waals surface area contributed by atoms with Crippen LogP contribution in [-0.4, -0.2) is 32.5 Å². The van der Waals surface area contributed by atoms with E-state index >= 15 is 0 Å². The van der Waals surface area contributed by atoms with Crippen molar-refractivity contribution in [2.45, 2.75) is 65.0 Å². The maximum Gasteiger partial charge on any atom is 0.262 e. The van der Waals surface area contributed by atoms with E-state index in [2.05, 4.69) is 30.9 Å². The number of aromatic amines is 1. The van der Waals surface area contributed by atoms with Crippen molar-refractivity contribution >= 4 is 11.0 Å². The van der Waals surface area contributed by atoms with E-state index in [4.69, 9.17) is 9.72 Å². The number of aromatic nitrogens is 4. The Bertz CT molecular complexity index is 717. The summed E-state index contributed by atoms with van der Waals surface area (Å²) in [6.45, 7) is 7.17. The van der Waals surface area contributed by atoms with Gasteiger partial charge in [0.05, 0.1) is 18.3 Å². The van der Waals surface area contributed by atoms with Gasteiger partial charge in [0, 0.05) is 13.0 Å². The molecule has 2 unspecified atom stereocenters. The molecule has 0 aliphatic carbocycles. The van der Waals surface area contributed by atoms with Gasteiger partial charge in [0.15, 0.2) is 5.65 Å². The third-order valence-corrected chi connectivity index (χ3v) is 4.95. The summed E-state index contributed by atoms with van der Waals surface area (Å²) < 4.78 is 7.55. The topological polar surface area (TPSA) is 72.8 Å². The number of H-pyrrole nitrogens is 1. The van der Waals surface area contributed by atoms with Crippen LogP contribution in [0.2, 0.25) is 0 Å². The van der Waals surface area contributed by atoms with Crippen LogP contribution in [0.3, 0.4) is 0 Å². The highest BCUT2D eigenvalue weighted by atomic mass is 16.5. The Morgan fingerprint density at radius 3 is 2.91 bits per heavy atom. The average Bonchev–Trinajstić information content (AvgIpc) is 2.97. The highest BCUT2D eigenvalue weighted by molar-refractivity contribution is 5.73. The van der Waals surface area contributed by atoms with Crippen molar-refractivity contribution in [3.63, 3.8) is 0 Å². The number of fused-ring (bicyclic) bond motifs is 1. The molecule has 6 heteroatoms. The second kappa shape index (κ2) is 6.83. The van der Waals surface area contributed by atoms with Gasteiger partial charge in [0.1, 0.15) is 11.2 Å². The van der Waals surface area contributed by atoms with Crippen molar-refractivity contribution in [3.8, 4) is 0 Å². The molecule has 0 radical (unpaired) electrons. The summed E-state index contributed by atoms with van der Waals surface area (Å²) in [6.07, 6.45) is 6.68. The molecule has 2 aromatic heterocycles. The Balaban J connectivity index is 1.97. The maximum atomic E-state index is 12.3. The first-order valence-electron chi connectivity index (χ1n) is 8.70. The largest absolute Gasteiger partial charge is 0.378 e. The third-order valence-electron chi connectivity index (χ3n) is 4.95. The van der Waals surface area contributed by atoms with Crippen molar-refractivity contribution in [1.29, 1.82) is 0 Å². The Morgan fingerprint density at radius 2 is 2.22 bits per heavy atom. The maximum absolute atomic E-state index is 12.3. The van der Waals surface area contributed by atoms with Crippen LogP contribution in [0.1, 0.15) is 58.3 Å². The summed E-state index contributed by atoms with van der Waals surface area (Å²) in [5.74, 6) is 1.33. The zero-order valence-corrected chi connectivity index (χ0v) is 14.2. The van der Waals surface area contributed by atoms with Gasteiger partial charge < -0.3 is 9.72 Å². The predicted molar refractivity (Wildman–Crippen MR) is 89.6 cm³/mol. The molecule has 0 bridgehead atoms. The monoisotopic (exact) mass is 318 g/mol. The van der Waals surface area contributed by atoms with Gasteiger partial charge in [-0.1, -0.05) is 26.7 Å². The lowest BCUT2D eigenvalue weighted by molar-refractivity contribution is 0.00431. The summed E-state index contributed by atoms with van der Waals surface area (Å²) in [5.41, 5.74) is 0.635. The summed E-state index contributed by atoms with van der Waals surface area (Å²) in [4.78, 5) is 20.0. The fraction of sp³-hybridized carbons (Fsp3) is 0.706. The van der Waals surface area contributed by atoms with Gasteiger partial charge in [-0.15, -0.1) is 0 Å². The van der Waals surface area contributed by atoms with Crippen molar-refractivity contribution in [3.05, 3.63) is 22.4 Å². The van der Waals surface area contributed by atoms with E-state index < -0.39 is 0 Å². The molecule has 126 valence electrons. The number of nitrogens with zero attached hydrogens (tertiary/aromatic N) is 3. The first-order chi connectivity index (χ1) is 11.1. The molecule has 1 aliphatic rings. The van der Waals surface area contributed by atoms with Gasteiger partial charge in [0.25, 0.3) is 5.56 Å². The smallest absolute Gasteiger partial charge is 0.262 e. The normalized spacial score (nSPS) is 22.1. The van der Waals surface area contributed by atoms with Gasteiger partial charge in [-0.05, 0) is 25.7 Å². The second-order valence-electron chi connectivity index (χ2n) is 6.59. The lowest BCUT2D eigenvalue weighted by Crippen LogP contribution is -2.26. The molecule has 0 aromatic carbocycles. The fourth-order valence-corrected chi connectivity index (χ4v) is 3.39. The molecule has 2 aromatic rings. The molecule has 3 heterocycles. The van der Waals surface area contributed by atoms with Crippen LogP contribution >= 0.6 is 0 Å². The van der Waals surface area contributed by atoms with Crippen molar-refractivity contribution in [1.82, 2.24) is 19.7 Å². The van der Waals surface area contributed by atoms with E-state index in [-0.39, 0.29) is 17.7 Å².